The van der Waals surface area contributed by atoms with Gasteiger partial charge in [0.15, 0.2) is 0 Å². The maximum absolute atomic E-state index is 12.1. The molecule has 0 spiro atoms. The highest BCUT2D eigenvalue weighted by Crippen LogP contribution is 2.28. The first-order chi connectivity index (χ1) is 8.53. The Morgan fingerprint density at radius 1 is 1.44 bits per heavy atom. The van der Waals surface area contributed by atoms with Crippen molar-refractivity contribution in [1.82, 2.24) is 10.2 Å². The van der Waals surface area contributed by atoms with Crippen LogP contribution < -0.4 is 9.46 Å². The Kier molecular flexibility index (Phi) is 3.69. The van der Waals surface area contributed by atoms with Crippen LogP contribution in [0, 0.1) is 0 Å². The molecule has 1 heterocycles. The van der Waals surface area contributed by atoms with Crippen molar-refractivity contribution in [3.8, 4) is 5.75 Å². The van der Waals surface area contributed by atoms with Crippen molar-refractivity contribution < 1.29 is 13.2 Å². The van der Waals surface area contributed by atoms with Crippen molar-refractivity contribution in [2.45, 2.75) is 4.90 Å². The molecule has 0 aliphatic heterocycles. The molecular weight excluding hydrogens is 298 g/mol. The van der Waals surface area contributed by atoms with Crippen LogP contribution in [0.1, 0.15) is 0 Å². The summed E-state index contributed by atoms with van der Waals surface area (Å²) in [5.74, 6) is 0.205. The van der Waals surface area contributed by atoms with E-state index in [0.29, 0.717) is 5.02 Å². The maximum Gasteiger partial charge on any atom is 0.267 e. The maximum atomic E-state index is 12.1. The van der Waals surface area contributed by atoms with Gasteiger partial charge in [-0.3, -0.25) is 4.72 Å². The second-order valence-electron chi connectivity index (χ2n) is 3.14. The average molecular weight is 306 g/mol. The van der Waals surface area contributed by atoms with Gasteiger partial charge in [0.1, 0.15) is 16.2 Å². The van der Waals surface area contributed by atoms with Gasteiger partial charge in [-0.2, -0.15) is 0 Å². The Labute approximate surface area is 113 Å². The fourth-order valence-corrected chi connectivity index (χ4v) is 3.37. The number of halogens is 1. The molecule has 0 bridgehead atoms. The standard InChI is InChI=1S/C9H8ClN3O3S2/c1-16-7-3-2-6(10)4-8(7)18(14,15)13-9-12-11-5-17-9/h2-5H,1H3,(H,12,13). The number of hydrogen-bond donors (Lipinski definition) is 1. The quantitative estimate of drug-likeness (QED) is 0.934. The number of ether oxygens (including phenoxy) is 1. The monoisotopic (exact) mass is 305 g/mol. The fraction of sp³-hybridized carbons (Fsp3) is 0.111. The van der Waals surface area contributed by atoms with Gasteiger partial charge in [0, 0.05) is 5.02 Å². The van der Waals surface area contributed by atoms with E-state index >= 15 is 0 Å². The summed E-state index contributed by atoms with van der Waals surface area (Å²) in [5, 5.41) is 7.63. The van der Waals surface area contributed by atoms with Crippen LogP contribution in [0.15, 0.2) is 28.6 Å². The number of methoxy groups -OCH3 is 1. The third-order valence-electron chi connectivity index (χ3n) is 2.00. The lowest BCUT2D eigenvalue weighted by Gasteiger charge is -2.09. The minimum atomic E-state index is -3.80. The molecule has 0 radical (unpaired) electrons. The molecule has 2 aromatic rings. The molecule has 96 valence electrons. The average Bonchev–Trinajstić information content (AvgIpc) is 2.81. The normalized spacial score (nSPS) is 11.2. The number of nitrogens with one attached hydrogen (secondary N) is 1. The summed E-state index contributed by atoms with van der Waals surface area (Å²) >= 11 is 6.86. The van der Waals surface area contributed by atoms with E-state index in [1.54, 1.807) is 6.07 Å². The zero-order chi connectivity index (χ0) is 13.2. The summed E-state index contributed by atoms with van der Waals surface area (Å²) in [7, 11) is -2.42. The molecule has 0 fully saturated rings. The van der Waals surface area contributed by atoms with Crippen molar-refractivity contribution >= 4 is 38.1 Å². The summed E-state index contributed by atoms with van der Waals surface area (Å²) < 4.78 is 31.5. The fourth-order valence-electron chi connectivity index (χ4n) is 1.25. The van der Waals surface area contributed by atoms with Crippen LogP contribution >= 0.6 is 22.9 Å². The van der Waals surface area contributed by atoms with Crippen molar-refractivity contribution in [3.63, 3.8) is 0 Å². The van der Waals surface area contributed by atoms with Crippen LogP contribution in [0.5, 0.6) is 5.75 Å². The van der Waals surface area contributed by atoms with Gasteiger partial charge in [-0.05, 0) is 18.2 Å². The van der Waals surface area contributed by atoms with E-state index in [0.717, 1.165) is 11.3 Å². The molecule has 0 atom stereocenters. The zero-order valence-electron chi connectivity index (χ0n) is 9.12. The van der Waals surface area contributed by atoms with Crippen LogP contribution in [-0.4, -0.2) is 25.7 Å². The van der Waals surface area contributed by atoms with Crippen molar-refractivity contribution in [1.29, 1.82) is 0 Å². The van der Waals surface area contributed by atoms with E-state index in [1.165, 1.54) is 24.8 Å². The number of nitrogens with zero attached hydrogens (tertiary/aromatic N) is 2. The van der Waals surface area contributed by atoms with Gasteiger partial charge in [-0.15, -0.1) is 10.2 Å². The molecule has 9 heteroatoms. The Bertz CT molecular complexity index is 643. The van der Waals surface area contributed by atoms with Crippen LogP contribution in [0.2, 0.25) is 5.02 Å². The summed E-state index contributed by atoms with van der Waals surface area (Å²) in [6.45, 7) is 0. The van der Waals surface area contributed by atoms with E-state index in [4.69, 9.17) is 16.3 Å². The van der Waals surface area contributed by atoms with Gasteiger partial charge < -0.3 is 4.74 Å². The predicted molar refractivity (Wildman–Crippen MR) is 68.7 cm³/mol. The molecule has 1 aromatic heterocycles. The number of anilines is 1. The van der Waals surface area contributed by atoms with Crippen LogP contribution in [0.4, 0.5) is 5.13 Å². The minimum absolute atomic E-state index is 0.0484. The van der Waals surface area contributed by atoms with E-state index in [2.05, 4.69) is 14.9 Å². The van der Waals surface area contributed by atoms with Crippen LogP contribution in [0.25, 0.3) is 0 Å². The SMILES string of the molecule is COc1ccc(Cl)cc1S(=O)(=O)Nc1nncs1. The third kappa shape index (κ3) is 2.71. The van der Waals surface area contributed by atoms with Gasteiger partial charge in [0.25, 0.3) is 10.0 Å². The third-order valence-corrected chi connectivity index (χ3v) is 4.33. The highest BCUT2D eigenvalue weighted by molar-refractivity contribution is 7.93. The Balaban J connectivity index is 2.43. The first-order valence-corrected chi connectivity index (χ1v) is 7.39. The Morgan fingerprint density at radius 2 is 2.22 bits per heavy atom. The predicted octanol–water partition coefficient (Wildman–Crippen LogP) is 2.00. The van der Waals surface area contributed by atoms with Gasteiger partial charge in [0.2, 0.25) is 5.13 Å². The molecule has 6 nitrogen and oxygen atoms in total. The lowest BCUT2D eigenvalue weighted by atomic mass is 10.3. The van der Waals surface area contributed by atoms with Gasteiger partial charge in [0.05, 0.1) is 7.11 Å². The van der Waals surface area contributed by atoms with Gasteiger partial charge in [-0.25, -0.2) is 8.42 Å². The number of aromatic nitrogens is 2. The van der Waals surface area contributed by atoms with E-state index in [-0.39, 0.29) is 15.8 Å². The second-order valence-corrected chi connectivity index (χ2v) is 6.07. The number of sulfonamides is 1. The van der Waals surface area contributed by atoms with Crippen LogP contribution in [0.3, 0.4) is 0 Å². The summed E-state index contributed by atoms with van der Waals surface area (Å²) in [5.41, 5.74) is 1.42. The van der Waals surface area contributed by atoms with E-state index in [1.807, 2.05) is 0 Å². The Hall–Kier alpha value is -1.38. The number of rotatable bonds is 4. The highest BCUT2D eigenvalue weighted by Gasteiger charge is 2.21. The molecule has 1 aromatic carbocycles. The topological polar surface area (TPSA) is 81.2 Å². The number of benzene rings is 1. The summed E-state index contributed by atoms with van der Waals surface area (Å²) in [6, 6.07) is 4.34. The van der Waals surface area contributed by atoms with Crippen molar-refractivity contribution in [2.24, 2.45) is 0 Å². The molecule has 0 aliphatic carbocycles. The first kappa shape index (κ1) is 13.1. The molecule has 0 unspecified atom stereocenters. The molecule has 1 N–H and O–H groups in total. The smallest absolute Gasteiger partial charge is 0.267 e. The van der Waals surface area contributed by atoms with Crippen molar-refractivity contribution in [3.05, 3.63) is 28.7 Å². The van der Waals surface area contributed by atoms with Crippen LogP contribution in [-0.2, 0) is 10.0 Å². The minimum Gasteiger partial charge on any atom is -0.495 e. The van der Waals surface area contributed by atoms with Gasteiger partial charge >= 0.3 is 0 Å². The first-order valence-electron chi connectivity index (χ1n) is 4.65. The molecular formula is C9H8ClN3O3S2. The number of hydrogen-bond acceptors (Lipinski definition) is 6. The molecule has 0 saturated heterocycles. The lowest BCUT2D eigenvalue weighted by Crippen LogP contribution is -2.14. The van der Waals surface area contributed by atoms with E-state index in [9.17, 15) is 8.42 Å². The Morgan fingerprint density at radius 3 is 2.83 bits per heavy atom. The molecule has 0 aliphatic rings. The molecule has 18 heavy (non-hydrogen) atoms. The summed E-state index contributed by atoms with van der Waals surface area (Å²) in [4.78, 5) is -0.0484. The van der Waals surface area contributed by atoms with Gasteiger partial charge in [-0.1, -0.05) is 22.9 Å². The largest absolute Gasteiger partial charge is 0.495 e. The van der Waals surface area contributed by atoms with Crippen molar-refractivity contribution in [2.75, 3.05) is 11.8 Å². The molecule has 2 rings (SSSR count). The second kappa shape index (κ2) is 5.09. The molecule has 0 saturated carbocycles. The highest BCUT2D eigenvalue weighted by atomic mass is 35.5. The summed E-state index contributed by atoms with van der Waals surface area (Å²) in [6.07, 6.45) is 0. The lowest BCUT2D eigenvalue weighted by molar-refractivity contribution is 0.403. The van der Waals surface area contributed by atoms with E-state index < -0.39 is 10.0 Å². The molecule has 0 amide bonds. The zero-order valence-corrected chi connectivity index (χ0v) is 11.5.